The molecule has 2 aromatic rings. The van der Waals surface area contributed by atoms with Crippen molar-refractivity contribution in [2.45, 2.75) is 32.0 Å². The molecule has 2 heterocycles. The van der Waals surface area contributed by atoms with E-state index in [2.05, 4.69) is 5.32 Å². The van der Waals surface area contributed by atoms with Crippen molar-refractivity contribution in [2.24, 2.45) is 0 Å². The van der Waals surface area contributed by atoms with E-state index in [-0.39, 0.29) is 11.8 Å². The number of anilines is 1. The van der Waals surface area contributed by atoms with Crippen molar-refractivity contribution >= 4 is 17.5 Å². The van der Waals surface area contributed by atoms with Crippen LogP contribution in [0.1, 0.15) is 30.0 Å². The van der Waals surface area contributed by atoms with Gasteiger partial charge in [-0.2, -0.15) is 0 Å². The van der Waals surface area contributed by atoms with Crippen molar-refractivity contribution in [2.75, 3.05) is 38.3 Å². The minimum Gasteiger partial charge on any atom is -0.494 e. The highest BCUT2D eigenvalue weighted by Crippen LogP contribution is 2.38. The molecule has 7 nitrogen and oxygen atoms in total. The maximum atomic E-state index is 12.4. The molecule has 0 bridgehead atoms. The number of likely N-dealkylation sites (N-methyl/N-ethyl adjacent to an activating group) is 1. The lowest BCUT2D eigenvalue weighted by Gasteiger charge is -2.28. The zero-order valence-corrected chi connectivity index (χ0v) is 18.0. The lowest BCUT2D eigenvalue weighted by Crippen LogP contribution is -2.35. The molecule has 2 aliphatic rings. The van der Waals surface area contributed by atoms with Crippen LogP contribution in [0.3, 0.4) is 0 Å². The molecule has 0 aromatic heterocycles. The number of hydrogen-bond donors (Lipinski definition) is 1. The molecule has 0 spiro atoms. The number of hydrogen-bond acceptors (Lipinski definition) is 5. The van der Waals surface area contributed by atoms with E-state index in [1.807, 2.05) is 49.4 Å². The summed E-state index contributed by atoms with van der Waals surface area (Å²) in [4.78, 5) is 26.1. The lowest BCUT2D eigenvalue weighted by molar-refractivity contribution is -0.170. The van der Waals surface area contributed by atoms with E-state index >= 15 is 0 Å². The number of carbonyl (C=O) groups is 2. The van der Waals surface area contributed by atoms with Crippen LogP contribution in [0.5, 0.6) is 5.75 Å². The maximum absolute atomic E-state index is 12.4. The molecule has 0 saturated carbocycles. The fourth-order valence-electron chi connectivity index (χ4n) is 4.10. The van der Waals surface area contributed by atoms with Gasteiger partial charge < -0.3 is 24.4 Å². The Bertz CT molecular complexity index is 951. The van der Waals surface area contributed by atoms with Gasteiger partial charge in [0, 0.05) is 31.3 Å². The van der Waals surface area contributed by atoms with Gasteiger partial charge in [0.15, 0.2) is 5.79 Å². The number of nitrogens with zero attached hydrogens (tertiary/aromatic N) is 1. The molecule has 1 fully saturated rings. The van der Waals surface area contributed by atoms with E-state index < -0.39 is 5.79 Å². The summed E-state index contributed by atoms with van der Waals surface area (Å²) in [6.45, 7) is 3.97. The first-order chi connectivity index (χ1) is 15.0. The second-order valence-electron chi connectivity index (χ2n) is 7.78. The largest absolute Gasteiger partial charge is 0.494 e. The smallest absolute Gasteiger partial charge is 0.231 e. The van der Waals surface area contributed by atoms with Crippen LogP contribution in [-0.4, -0.2) is 45.2 Å². The average molecular weight is 424 g/mol. The van der Waals surface area contributed by atoms with Crippen LogP contribution in [0.2, 0.25) is 0 Å². The third kappa shape index (κ3) is 4.57. The second-order valence-corrected chi connectivity index (χ2v) is 7.78. The van der Waals surface area contributed by atoms with E-state index in [0.717, 1.165) is 28.1 Å². The highest BCUT2D eigenvalue weighted by atomic mass is 16.7. The highest BCUT2D eigenvalue weighted by Gasteiger charge is 2.39. The van der Waals surface area contributed by atoms with Crippen molar-refractivity contribution in [3.05, 3.63) is 59.2 Å². The Balaban J connectivity index is 1.36. The summed E-state index contributed by atoms with van der Waals surface area (Å²) >= 11 is 0. The number of amides is 2. The Morgan fingerprint density at radius 3 is 2.61 bits per heavy atom. The van der Waals surface area contributed by atoms with E-state index in [1.165, 1.54) is 0 Å². The van der Waals surface area contributed by atoms with Gasteiger partial charge in [0.2, 0.25) is 11.8 Å². The molecule has 0 radical (unpaired) electrons. The summed E-state index contributed by atoms with van der Waals surface area (Å²) in [5, 5.41) is 2.97. The van der Waals surface area contributed by atoms with Crippen molar-refractivity contribution in [1.29, 1.82) is 0 Å². The normalized spacial score (nSPS) is 17.0. The number of carbonyl (C=O) groups excluding carboxylic acids is 2. The van der Waals surface area contributed by atoms with E-state index in [0.29, 0.717) is 45.6 Å². The summed E-state index contributed by atoms with van der Waals surface area (Å²) < 4.78 is 17.4. The minimum absolute atomic E-state index is 0.0570. The fourth-order valence-corrected chi connectivity index (χ4v) is 4.10. The maximum Gasteiger partial charge on any atom is 0.231 e. The Morgan fingerprint density at radius 1 is 1.16 bits per heavy atom. The van der Waals surface area contributed by atoms with E-state index in [4.69, 9.17) is 14.2 Å². The summed E-state index contributed by atoms with van der Waals surface area (Å²) in [6, 6.07) is 13.4. The summed E-state index contributed by atoms with van der Waals surface area (Å²) in [5.41, 5.74) is 3.71. The topological polar surface area (TPSA) is 77.1 Å². The average Bonchev–Trinajstić information content (AvgIpc) is 3.35. The molecule has 1 N–H and O–H groups in total. The van der Waals surface area contributed by atoms with Crippen LogP contribution in [0, 0.1) is 0 Å². The van der Waals surface area contributed by atoms with Crippen molar-refractivity contribution in [1.82, 2.24) is 5.32 Å². The van der Waals surface area contributed by atoms with Crippen molar-refractivity contribution < 1.29 is 23.8 Å². The quantitative estimate of drug-likeness (QED) is 0.705. The van der Waals surface area contributed by atoms with Crippen LogP contribution in [0.15, 0.2) is 42.5 Å². The van der Waals surface area contributed by atoms with Gasteiger partial charge >= 0.3 is 0 Å². The summed E-state index contributed by atoms with van der Waals surface area (Å²) in [6.07, 6.45) is 1.17. The van der Waals surface area contributed by atoms with Gasteiger partial charge in [-0.15, -0.1) is 0 Å². The van der Waals surface area contributed by atoms with Crippen LogP contribution >= 0.6 is 0 Å². The zero-order valence-electron chi connectivity index (χ0n) is 18.0. The SMILES string of the molecule is CCOc1ccc(CC(=O)NCCC2(c3ccc4c(c3)CC(=O)N4C)OCCO2)cc1. The van der Waals surface area contributed by atoms with Gasteiger partial charge in [-0.1, -0.05) is 18.2 Å². The highest BCUT2D eigenvalue weighted by molar-refractivity contribution is 6.00. The standard InChI is InChI=1S/C24H28N2O5/c1-3-29-20-7-4-17(5-8-20)14-22(27)25-11-10-24(30-12-13-31-24)19-6-9-21-18(15-19)16-23(28)26(21)2/h4-9,15H,3,10-14,16H2,1-2H3,(H,25,27). The Labute approximate surface area is 182 Å². The van der Waals surface area contributed by atoms with Gasteiger partial charge in [0.1, 0.15) is 5.75 Å². The molecule has 0 unspecified atom stereocenters. The second kappa shape index (κ2) is 9.08. The molecule has 31 heavy (non-hydrogen) atoms. The molecule has 0 atom stereocenters. The van der Waals surface area contributed by atoms with E-state index in [1.54, 1.807) is 11.9 Å². The number of fused-ring (bicyclic) bond motifs is 1. The Morgan fingerprint density at radius 2 is 1.90 bits per heavy atom. The van der Waals surface area contributed by atoms with E-state index in [9.17, 15) is 9.59 Å². The molecular formula is C24H28N2O5. The lowest BCUT2D eigenvalue weighted by atomic mass is 9.98. The van der Waals surface area contributed by atoms with Crippen LogP contribution in [-0.2, 0) is 37.7 Å². The Kier molecular flexibility index (Phi) is 6.25. The van der Waals surface area contributed by atoms with Gasteiger partial charge in [-0.3, -0.25) is 9.59 Å². The molecule has 2 aliphatic heterocycles. The van der Waals surface area contributed by atoms with Crippen molar-refractivity contribution in [3.63, 3.8) is 0 Å². The predicted molar refractivity (Wildman–Crippen MR) is 116 cm³/mol. The fraction of sp³-hybridized carbons (Fsp3) is 0.417. The number of rotatable bonds is 8. The molecule has 1 saturated heterocycles. The number of ether oxygens (including phenoxy) is 3. The monoisotopic (exact) mass is 424 g/mol. The van der Waals surface area contributed by atoms with Crippen LogP contribution < -0.4 is 15.0 Å². The van der Waals surface area contributed by atoms with Crippen molar-refractivity contribution in [3.8, 4) is 5.75 Å². The third-order valence-corrected chi connectivity index (χ3v) is 5.73. The van der Waals surface area contributed by atoms with Gasteiger partial charge in [-0.05, 0) is 42.3 Å². The Hall–Kier alpha value is -2.90. The molecule has 0 aliphatic carbocycles. The summed E-state index contributed by atoms with van der Waals surface area (Å²) in [7, 11) is 1.78. The molecule has 7 heteroatoms. The first kappa shape index (κ1) is 21.3. The third-order valence-electron chi connectivity index (χ3n) is 5.73. The first-order valence-electron chi connectivity index (χ1n) is 10.7. The van der Waals surface area contributed by atoms with Crippen LogP contribution in [0.4, 0.5) is 5.69 Å². The minimum atomic E-state index is -0.897. The van der Waals surface area contributed by atoms with Gasteiger partial charge in [0.25, 0.3) is 0 Å². The molecule has 2 aromatic carbocycles. The number of benzene rings is 2. The molecule has 4 rings (SSSR count). The van der Waals surface area contributed by atoms with Gasteiger partial charge in [-0.25, -0.2) is 0 Å². The van der Waals surface area contributed by atoms with Crippen LogP contribution in [0.25, 0.3) is 0 Å². The molecule has 2 amide bonds. The zero-order chi connectivity index (χ0) is 21.8. The molecular weight excluding hydrogens is 396 g/mol. The molecule has 164 valence electrons. The van der Waals surface area contributed by atoms with Gasteiger partial charge in [0.05, 0.1) is 32.7 Å². The summed E-state index contributed by atoms with van der Waals surface area (Å²) in [5.74, 6) is -0.0769. The first-order valence-corrected chi connectivity index (χ1v) is 10.7. The number of nitrogens with one attached hydrogen (secondary N) is 1. The predicted octanol–water partition coefficient (Wildman–Crippen LogP) is 2.55.